The minimum absolute atomic E-state index is 0.844. The second-order valence-corrected chi connectivity index (χ2v) is 5.76. The molecular weight excluding hydrogens is 184 g/mol. The van der Waals surface area contributed by atoms with Gasteiger partial charge in [-0.3, -0.25) is 4.90 Å². The minimum Gasteiger partial charge on any atom is -0.306 e. The second-order valence-electron chi connectivity index (χ2n) is 5.76. The lowest BCUT2D eigenvalue weighted by molar-refractivity contribution is 0.0226. The van der Waals surface area contributed by atoms with E-state index in [-0.39, 0.29) is 0 Å². The molecule has 2 nitrogen and oxygen atoms in total. The Morgan fingerprint density at radius 3 is 1.93 bits per heavy atom. The normalized spacial score (nSPS) is 40.6. The lowest BCUT2D eigenvalue weighted by Gasteiger charge is -2.47. The third-order valence-electron chi connectivity index (χ3n) is 4.18. The Morgan fingerprint density at radius 2 is 1.40 bits per heavy atom. The molecule has 2 aliphatic rings. The van der Waals surface area contributed by atoms with Gasteiger partial charge >= 0.3 is 0 Å². The zero-order valence-corrected chi connectivity index (χ0v) is 10.6. The summed E-state index contributed by atoms with van der Waals surface area (Å²) in [6, 6.07) is 0.849. The smallest absolute Gasteiger partial charge is 0.0171 e. The van der Waals surface area contributed by atoms with Crippen molar-refractivity contribution in [1.29, 1.82) is 0 Å². The lowest BCUT2D eigenvalue weighted by Crippen LogP contribution is -2.55. The van der Waals surface area contributed by atoms with E-state index in [0.717, 1.165) is 17.9 Å². The number of nitrogens with zero attached hydrogens (tertiary/aromatic N) is 2. The summed E-state index contributed by atoms with van der Waals surface area (Å²) in [5, 5.41) is 0. The molecule has 2 atom stereocenters. The van der Waals surface area contributed by atoms with Crippen LogP contribution in [-0.4, -0.2) is 49.1 Å². The van der Waals surface area contributed by atoms with Crippen LogP contribution in [0.3, 0.4) is 0 Å². The Hall–Kier alpha value is -0.0800. The van der Waals surface area contributed by atoms with Crippen molar-refractivity contribution in [2.75, 3.05) is 33.2 Å². The highest BCUT2D eigenvalue weighted by atomic mass is 15.2. The van der Waals surface area contributed by atoms with Crippen LogP contribution in [0.2, 0.25) is 0 Å². The van der Waals surface area contributed by atoms with Crippen LogP contribution in [0.5, 0.6) is 0 Å². The largest absolute Gasteiger partial charge is 0.306 e. The molecule has 0 amide bonds. The van der Waals surface area contributed by atoms with E-state index in [2.05, 4.69) is 30.7 Å². The Kier molecular flexibility index (Phi) is 3.68. The van der Waals surface area contributed by atoms with Crippen molar-refractivity contribution >= 4 is 0 Å². The summed E-state index contributed by atoms with van der Waals surface area (Å²) in [5.74, 6) is 1.69. The molecule has 0 aromatic rings. The molecule has 15 heavy (non-hydrogen) atoms. The van der Waals surface area contributed by atoms with Gasteiger partial charge in [-0.2, -0.15) is 0 Å². The van der Waals surface area contributed by atoms with Crippen molar-refractivity contribution in [2.24, 2.45) is 11.8 Å². The molecule has 2 heteroatoms. The molecule has 0 aromatic heterocycles. The van der Waals surface area contributed by atoms with Crippen LogP contribution < -0.4 is 0 Å². The minimum atomic E-state index is 0.844. The molecule has 2 unspecified atom stereocenters. The maximum Gasteiger partial charge on any atom is 0.0171 e. The lowest BCUT2D eigenvalue weighted by atomic mass is 9.84. The van der Waals surface area contributed by atoms with Crippen LogP contribution in [0.4, 0.5) is 0 Å². The van der Waals surface area contributed by atoms with Gasteiger partial charge in [-0.15, -0.1) is 0 Å². The quantitative estimate of drug-likeness (QED) is 0.653. The van der Waals surface area contributed by atoms with E-state index in [4.69, 9.17) is 0 Å². The summed E-state index contributed by atoms with van der Waals surface area (Å²) in [6.07, 6.45) is 4.30. The number of hydrogen-bond donors (Lipinski definition) is 0. The summed E-state index contributed by atoms with van der Waals surface area (Å²) >= 11 is 0. The van der Waals surface area contributed by atoms with Crippen LogP contribution in [0.1, 0.15) is 33.1 Å². The fraction of sp³-hybridized carbons (Fsp3) is 1.00. The van der Waals surface area contributed by atoms with Gasteiger partial charge in [-0.1, -0.05) is 20.3 Å². The summed E-state index contributed by atoms with van der Waals surface area (Å²) < 4.78 is 0. The number of rotatable bonds is 1. The van der Waals surface area contributed by atoms with Gasteiger partial charge in [0.15, 0.2) is 0 Å². The highest BCUT2D eigenvalue weighted by Gasteiger charge is 2.34. The molecule has 0 aromatic carbocycles. The van der Waals surface area contributed by atoms with Gasteiger partial charge in [0, 0.05) is 19.1 Å². The molecule has 0 bridgehead atoms. The van der Waals surface area contributed by atoms with Crippen LogP contribution in [0, 0.1) is 11.8 Å². The molecule has 2 heterocycles. The van der Waals surface area contributed by atoms with E-state index in [0.29, 0.717) is 0 Å². The molecule has 0 radical (unpaired) electrons. The molecular formula is C13H26N2. The van der Waals surface area contributed by atoms with E-state index in [1.54, 1.807) is 0 Å². The van der Waals surface area contributed by atoms with Crippen LogP contribution in [0.15, 0.2) is 0 Å². The van der Waals surface area contributed by atoms with Crippen molar-refractivity contribution < 1.29 is 0 Å². The first-order valence-corrected chi connectivity index (χ1v) is 6.61. The van der Waals surface area contributed by atoms with Gasteiger partial charge in [0.25, 0.3) is 0 Å². The molecule has 2 fully saturated rings. The fourth-order valence-electron chi connectivity index (χ4n) is 3.77. The highest BCUT2D eigenvalue weighted by molar-refractivity contribution is 4.89. The standard InChI is InChI=1S/C13H26N2/c1-11-9-14(3)10-12(2)13(11)15-7-5-4-6-8-15/h11-13H,4-10H2,1-3H3. The maximum atomic E-state index is 2.77. The zero-order chi connectivity index (χ0) is 10.8. The molecule has 2 aliphatic heterocycles. The number of likely N-dealkylation sites (tertiary alicyclic amines) is 2. The summed E-state index contributed by atoms with van der Waals surface area (Å²) in [7, 11) is 2.26. The first-order chi connectivity index (χ1) is 7.18. The van der Waals surface area contributed by atoms with Crippen molar-refractivity contribution in [2.45, 2.75) is 39.2 Å². The predicted octanol–water partition coefficient (Wildman–Crippen LogP) is 2.06. The Balaban J connectivity index is 1.99. The van der Waals surface area contributed by atoms with E-state index in [1.165, 1.54) is 45.4 Å². The summed E-state index contributed by atoms with van der Waals surface area (Å²) in [4.78, 5) is 5.27. The topological polar surface area (TPSA) is 6.48 Å². The van der Waals surface area contributed by atoms with Gasteiger partial charge in [0.05, 0.1) is 0 Å². The van der Waals surface area contributed by atoms with E-state index < -0.39 is 0 Å². The average molecular weight is 210 g/mol. The molecule has 0 spiro atoms. The first kappa shape index (κ1) is 11.4. The van der Waals surface area contributed by atoms with E-state index >= 15 is 0 Å². The predicted molar refractivity (Wildman–Crippen MR) is 65.0 cm³/mol. The molecule has 2 saturated heterocycles. The summed E-state index contributed by atoms with van der Waals surface area (Å²) in [6.45, 7) is 10.1. The van der Waals surface area contributed by atoms with Crippen molar-refractivity contribution in [3.05, 3.63) is 0 Å². The van der Waals surface area contributed by atoms with Crippen molar-refractivity contribution in [3.63, 3.8) is 0 Å². The maximum absolute atomic E-state index is 2.77. The molecule has 88 valence electrons. The second kappa shape index (κ2) is 4.84. The van der Waals surface area contributed by atoms with Gasteiger partial charge in [0.1, 0.15) is 0 Å². The highest BCUT2D eigenvalue weighted by Crippen LogP contribution is 2.28. The van der Waals surface area contributed by atoms with Gasteiger partial charge in [-0.25, -0.2) is 0 Å². The van der Waals surface area contributed by atoms with Crippen molar-refractivity contribution in [3.8, 4) is 0 Å². The third-order valence-corrected chi connectivity index (χ3v) is 4.18. The Bertz CT molecular complexity index is 187. The molecule has 2 rings (SSSR count). The Morgan fingerprint density at radius 1 is 0.867 bits per heavy atom. The van der Waals surface area contributed by atoms with E-state index in [1.807, 2.05) is 0 Å². The number of piperidine rings is 2. The van der Waals surface area contributed by atoms with Gasteiger partial charge in [-0.05, 0) is 44.8 Å². The monoisotopic (exact) mass is 210 g/mol. The molecule has 0 saturated carbocycles. The van der Waals surface area contributed by atoms with E-state index in [9.17, 15) is 0 Å². The first-order valence-electron chi connectivity index (χ1n) is 6.61. The number of hydrogen-bond acceptors (Lipinski definition) is 2. The Labute approximate surface area is 94.6 Å². The van der Waals surface area contributed by atoms with Gasteiger partial charge < -0.3 is 4.90 Å². The van der Waals surface area contributed by atoms with Crippen LogP contribution in [-0.2, 0) is 0 Å². The third kappa shape index (κ3) is 2.54. The fourth-order valence-corrected chi connectivity index (χ4v) is 3.77. The molecule has 0 N–H and O–H groups in total. The molecule has 0 aliphatic carbocycles. The summed E-state index contributed by atoms with van der Waals surface area (Å²) in [5.41, 5.74) is 0. The van der Waals surface area contributed by atoms with Crippen LogP contribution >= 0.6 is 0 Å². The zero-order valence-electron chi connectivity index (χ0n) is 10.6. The SMILES string of the molecule is CC1CN(C)CC(C)C1N1CCCCC1. The van der Waals surface area contributed by atoms with Gasteiger partial charge in [0.2, 0.25) is 0 Å². The van der Waals surface area contributed by atoms with Crippen LogP contribution in [0.25, 0.3) is 0 Å². The average Bonchev–Trinajstić information content (AvgIpc) is 2.17. The van der Waals surface area contributed by atoms with Crippen molar-refractivity contribution in [1.82, 2.24) is 9.80 Å².